The average molecular weight is 305 g/mol. The van der Waals surface area contributed by atoms with Crippen molar-refractivity contribution in [1.82, 2.24) is 4.57 Å². The summed E-state index contributed by atoms with van der Waals surface area (Å²) in [6.07, 6.45) is 1.02. The van der Waals surface area contributed by atoms with Crippen molar-refractivity contribution in [3.8, 4) is 0 Å². The zero-order valence-electron chi connectivity index (χ0n) is 5.60. The third-order valence-corrected chi connectivity index (χ3v) is 2.69. The number of pyridine rings is 1. The van der Waals surface area contributed by atoms with Gasteiger partial charge >= 0.3 is 6.55 Å². The molecule has 0 saturated carbocycles. The van der Waals surface area contributed by atoms with Crippen molar-refractivity contribution in [2.24, 2.45) is 0 Å². The van der Waals surface area contributed by atoms with Crippen LogP contribution >= 0.6 is 34.2 Å². The molecule has 1 rings (SSSR count). The van der Waals surface area contributed by atoms with Crippen molar-refractivity contribution in [3.05, 3.63) is 31.2 Å². The summed E-state index contributed by atoms with van der Waals surface area (Å²) in [4.78, 5) is 10.8. The molecule has 0 bridgehead atoms. The summed E-state index contributed by atoms with van der Waals surface area (Å²) in [5.41, 5.74) is -0.796. The molecule has 0 amide bonds. The van der Waals surface area contributed by atoms with Gasteiger partial charge < -0.3 is 0 Å². The Bertz CT molecular complexity index is 352. The fourth-order valence-electron chi connectivity index (χ4n) is 0.652. The molecule has 12 heavy (non-hydrogen) atoms. The summed E-state index contributed by atoms with van der Waals surface area (Å²) in [6, 6.07) is 0.968. The Hall–Kier alpha value is -0.170. The summed E-state index contributed by atoms with van der Waals surface area (Å²) in [5.74, 6) is 0. The van der Waals surface area contributed by atoms with Crippen molar-refractivity contribution >= 4 is 34.2 Å². The molecule has 1 heterocycles. The lowest BCUT2D eigenvalue weighted by Crippen LogP contribution is -2.19. The smallest absolute Gasteiger partial charge is 0.269 e. The molecule has 0 N–H and O–H groups in total. The molecule has 0 fully saturated rings. The minimum atomic E-state index is -2.82. The van der Waals surface area contributed by atoms with Gasteiger partial charge in [0.2, 0.25) is 0 Å². The Morgan fingerprint density at radius 2 is 2.17 bits per heavy atom. The van der Waals surface area contributed by atoms with E-state index in [0.717, 1.165) is 12.3 Å². The number of hydrogen-bond donors (Lipinski definition) is 0. The zero-order chi connectivity index (χ0) is 9.30. The van der Waals surface area contributed by atoms with Crippen molar-refractivity contribution in [2.75, 3.05) is 0 Å². The Balaban J connectivity index is 3.33. The van der Waals surface area contributed by atoms with Crippen LogP contribution in [0.15, 0.2) is 17.1 Å². The van der Waals surface area contributed by atoms with Crippen LogP contribution in [0.3, 0.4) is 0 Å². The van der Waals surface area contributed by atoms with E-state index in [9.17, 15) is 13.6 Å². The van der Waals surface area contributed by atoms with E-state index in [0.29, 0.717) is 8.14 Å². The van der Waals surface area contributed by atoms with Crippen molar-refractivity contribution in [2.45, 2.75) is 6.55 Å². The van der Waals surface area contributed by atoms with E-state index in [-0.39, 0.29) is 5.02 Å². The van der Waals surface area contributed by atoms with E-state index in [2.05, 4.69) is 0 Å². The summed E-state index contributed by atoms with van der Waals surface area (Å²) in [6.45, 7) is -2.82. The van der Waals surface area contributed by atoms with E-state index < -0.39 is 12.1 Å². The number of alkyl halides is 2. The number of rotatable bonds is 1. The van der Waals surface area contributed by atoms with Gasteiger partial charge in [-0.2, -0.15) is 8.78 Å². The van der Waals surface area contributed by atoms with Gasteiger partial charge in [-0.3, -0.25) is 9.36 Å². The van der Waals surface area contributed by atoms with Gasteiger partial charge in [-0.05, 0) is 22.6 Å². The first-order valence-electron chi connectivity index (χ1n) is 2.87. The first-order valence-corrected chi connectivity index (χ1v) is 4.33. The summed E-state index contributed by atoms with van der Waals surface area (Å²) >= 11 is 7.30. The molecule has 0 aliphatic heterocycles. The topological polar surface area (TPSA) is 22.0 Å². The van der Waals surface area contributed by atoms with Crippen LogP contribution in [0, 0.1) is 3.57 Å². The maximum atomic E-state index is 12.1. The first kappa shape index (κ1) is 9.91. The lowest BCUT2D eigenvalue weighted by Gasteiger charge is -2.04. The van der Waals surface area contributed by atoms with E-state index in [1.807, 2.05) is 0 Å². The molecular formula is C6H3ClF2INO. The second-order valence-electron chi connectivity index (χ2n) is 1.99. The van der Waals surface area contributed by atoms with Gasteiger partial charge in [0.05, 0.1) is 5.02 Å². The molecule has 0 unspecified atom stereocenters. The van der Waals surface area contributed by atoms with Crippen LogP contribution in [0.2, 0.25) is 5.02 Å². The quantitative estimate of drug-likeness (QED) is 0.731. The molecule has 0 spiro atoms. The van der Waals surface area contributed by atoms with Crippen molar-refractivity contribution in [1.29, 1.82) is 0 Å². The van der Waals surface area contributed by atoms with Crippen LogP contribution in [-0.2, 0) is 0 Å². The monoisotopic (exact) mass is 305 g/mol. The van der Waals surface area contributed by atoms with Crippen LogP contribution in [0.4, 0.5) is 8.78 Å². The second kappa shape index (κ2) is 3.69. The highest BCUT2D eigenvalue weighted by atomic mass is 127. The predicted molar refractivity (Wildman–Crippen MR) is 49.7 cm³/mol. The highest BCUT2D eigenvalue weighted by Crippen LogP contribution is 2.17. The van der Waals surface area contributed by atoms with Gasteiger partial charge in [0, 0.05) is 15.8 Å². The van der Waals surface area contributed by atoms with Gasteiger partial charge in [-0.15, -0.1) is 0 Å². The standard InChI is InChI=1S/C6H3ClF2INO/c7-3-1-5(12)11(6(8)9)2-4(3)10/h1-2,6H. The SMILES string of the molecule is O=c1cc(Cl)c(I)cn1C(F)F. The van der Waals surface area contributed by atoms with Gasteiger partial charge in [0.1, 0.15) is 0 Å². The number of halogens is 4. The third kappa shape index (κ3) is 1.95. The molecule has 0 radical (unpaired) electrons. The largest absolute Gasteiger partial charge is 0.321 e. The number of aromatic nitrogens is 1. The van der Waals surface area contributed by atoms with Gasteiger partial charge in [0.25, 0.3) is 5.56 Å². The minimum Gasteiger partial charge on any atom is -0.269 e. The van der Waals surface area contributed by atoms with Crippen molar-refractivity contribution < 1.29 is 8.78 Å². The third-order valence-electron chi connectivity index (χ3n) is 1.20. The molecule has 1 aromatic rings. The van der Waals surface area contributed by atoms with Crippen LogP contribution in [-0.4, -0.2) is 4.57 Å². The lowest BCUT2D eigenvalue weighted by atomic mass is 10.5. The molecule has 0 aliphatic rings. The Morgan fingerprint density at radius 3 is 2.67 bits per heavy atom. The minimum absolute atomic E-state index is 0.192. The zero-order valence-corrected chi connectivity index (χ0v) is 8.51. The molecule has 0 atom stereocenters. The van der Waals surface area contributed by atoms with E-state index >= 15 is 0 Å². The Morgan fingerprint density at radius 1 is 1.58 bits per heavy atom. The van der Waals surface area contributed by atoms with Gasteiger partial charge in [-0.1, -0.05) is 11.6 Å². The summed E-state index contributed by atoms with van der Waals surface area (Å²) < 4.78 is 24.9. The highest BCUT2D eigenvalue weighted by Gasteiger charge is 2.09. The van der Waals surface area contributed by atoms with Crippen LogP contribution in [0.1, 0.15) is 6.55 Å². The van der Waals surface area contributed by atoms with E-state index in [4.69, 9.17) is 11.6 Å². The normalized spacial score (nSPS) is 10.8. The van der Waals surface area contributed by atoms with Crippen LogP contribution in [0.25, 0.3) is 0 Å². The second-order valence-corrected chi connectivity index (χ2v) is 3.56. The van der Waals surface area contributed by atoms with Crippen LogP contribution in [0.5, 0.6) is 0 Å². The Kier molecular flexibility index (Phi) is 3.05. The fraction of sp³-hybridized carbons (Fsp3) is 0.167. The molecular weight excluding hydrogens is 302 g/mol. The van der Waals surface area contributed by atoms with Crippen LogP contribution < -0.4 is 5.56 Å². The maximum Gasteiger partial charge on any atom is 0.321 e. The van der Waals surface area contributed by atoms with E-state index in [1.54, 1.807) is 22.6 Å². The number of nitrogens with zero attached hydrogens (tertiary/aromatic N) is 1. The maximum absolute atomic E-state index is 12.1. The Labute approximate surface area is 85.3 Å². The predicted octanol–water partition coefficient (Wildman–Crippen LogP) is 2.50. The molecule has 6 heteroatoms. The molecule has 0 aliphatic carbocycles. The van der Waals surface area contributed by atoms with Gasteiger partial charge in [0.15, 0.2) is 0 Å². The lowest BCUT2D eigenvalue weighted by molar-refractivity contribution is 0.0661. The van der Waals surface area contributed by atoms with E-state index in [1.165, 1.54) is 0 Å². The first-order chi connectivity index (χ1) is 5.52. The summed E-state index contributed by atoms with van der Waals surface area (Å²) in [5, 5.41) is 0.192. The summed E-state index contributed by atoms with van der Waals surface area (Å²) in [7, 11) is 0. The molecule has 0 aromatic carbocycles. The van der Waals surface area contributed by atoms with Gasteiger partial charge in [-0.25, -0.2) is 0 Å². The molecule has 0 saturated heterocycles. The average Bonchev–Trinajstić information content (AvgIpc) is 1.96. The molecule has 66 valence electrons. The van der Waals surface area contributed by atoms with Crippen molar-refractivity contribution in [3.63, 3.8) is 0 Å². The highest BCUT2D eigenvalue weighted by molar-refractivity contribution is 14.1. The molecule has 2 nitrogen and oxygen atoms in total. The number of hydrogen-bond acceptors (Lipinski definition) is 1. The molecule has 1 aromatic heterocycles. The fourth-order valence-corrected chi connectivity index (χ4v) is 1.25.